The molecule has 2 aromatic carbocycles. The average molecular weight is 331 g/mol. The summed E-state index contributed by atoms with van der Waals surface area (Å²) in [4.78, 5) is 0. The van der Waals surface area contributed by atoms with Crippen molar-refractivity contribution < 1.29 is 18.6 Å². The first-order valence-electron chi connectivity index (χ1n) is 8.09. The number of fused-ring (bicyclic) bond motifs is 1. The van der Waals surface area contributed by atoms with Crippen molar-refractivity contribution in [3.05, 3.63) is 52.8 Å². The summed E-state index contributed by atoms with van der Waals surface area (Å²) in [5.74, 6) is 1.88. The highest BCUT2D eigenvalue weighted by atomic mass is 19.1. The zero-order chi connectivity index (χ0) is 17.1. The van der Waals surface area contributed by atoms with Crippen molar-refractivity contribution in [1.82, 2.24) is 5.32 Å². The molecule has 1 unspecified atom stereocenters. The van der Waals surface area contributed by atoms with E-state index in [4.69, 9.17) is 14.2 Å². The predicted molar refractivity (Wildman–Crippen MR) is 90.7 cm³/mol. The van der Waals surface area contributed by atoms with Crippen LogP contribution in [0.25, 0.3) is 0 Å². The molecule has 1 aliphatic rings. The zero-order valence-corrected chi connectivity index (χ0v) is 14.2. The summed E-state index contributed by atoms with van der Waals surface area (Å²) in [5, 5.41) is 3.46. The third-order valence-electron chi connectivity index (χ3n) is 4.31. The molecule has 0 aromatic heterocycles. The zero-order valence-electron chi connectivity index (χ0n) is 14.2. The Hall–Kier alpha value is -2.27. The van der Waals surface area contributed by atoms with Gasteiger partial charge in [0.1, 0.15) is 11.6 Å². The van der Waals surface area contributed by atoms with E-state index in [1.54, 1.807) is 20.3 Å². The Kier molecular flexibility index (Phi) is 4.90. The lowest BCUT2D eigenvalue weighted by Crippen LogP contribution is -2.31. The van der Waals surface area contributed by atoms with Crippen molar-refractivity contribution in [2.45, 2.75) is 19.4 Å². The Morgan fingerprint density at radius 2 is 1.83 bits per heavy atom. The minimum absolute atomic E-state index is 0.149. The summed E-state index contributed by atoms with van der Waals surface area (Å²) in [6, 6.07) is 8.35. The van der Waals surface area contributed by atoms with Crippen molar-refractivity contribution >= 4 is 0 Å². The van der Waals surface area contributed by atoms with Gasteiger partial charge in [0.15, 0.2) is 11.5 Å². The highest BCUT2D eigenvalue weighted by molar-refractivity contribution is 5.56. The Bertz CT molecular complexity index is 733. The molecule has 0 aliphatic carbocycles. The molecule has 24 heavy (non-hydrogen) atoms. The molecule has 1 atom stereocenters. The summed E-state index contributed by atoms with van der Waals surface area (Å²) in [5.41, 5.74) is 2.95. The predicted octanol–water partition coefficient (Wildman–Crippen LogP) is 3.48. The summed E-state index contributed by atoms with van der Waals surface area (Å²) < 4.78 is 30.5. The fraction of sp³-hybridized carbons (Fsp3) is 0.368. The van der Waals surface area contributed by atoms with Gasteiger partial charge in [-0.3, -0.25) is 0 Å². The van der Waals surface area contributed by atoms with E-state index in [-0.39, 0.29) is 11.9 Å². The van der Waals surface area contributed by atoms with E-state index in [1.165, 1.54) is 12.1 Å². The monoisotopic (exact) mass is 331 g/mol. The Morgan fingerprint density at radius 3 is 2.54 bits per heavy atom. The summed E-state index contributed by atoms with van der Waals surface area (Å²) >= 11 is 0. The maximum absolute atomic E-state index is 13.8. The van der Waals surface area contributed by atoms with Gasteiger partial charge in [-0.05, 0) is 43.2 Å². The van der Waals surface area contributed by atoms with Crippen molar-refractivity contribution in [3.63, 3.8) is 0 Å². The number of hydrogen-bond acceptors (Lipinski definition) is 4. The van der Waals surface area contributed by atoms with Gasteiger partial charge in [-0.1, -0.05) is 6.07 Å². The van der Waals surface area contributed by atoms with Crippen LogP contribution in [0, 0.1) is 5.82 Å². The second-order valence-corrected chi connectivity index (χ2v) is 5.62. The van der Waals surface area contributed by atoms with E-state index < -0.39 is 0 Å². The molecule has 128 valence electrons. The smallest absolute Gasteiger partial charge is 0.164 e. The van der Waals surface area contributed by atoms with Gasteiger partial charge in [-0.25, -0.2) is 4.39 Å². The van der Waals surface area contributed by atoms with Crippen molar-refractivity contribution in [2.24, 2.45) is 0 Å². The van der Waals surface area contributed by atoms with E-state index in [2.05, 4.69) is 5.32 Å². The minimum atomic E-state index is -0.279. The SMILES string of the molecule is CCOc1c(OC)ccc2c1CCNC2c1cc(F)ccc1OC. The molecule has 5 heteroatoms. The average Bonchev–Trinajstić information content (AvgIpc) is 2.61. The quantitative estimate of drug-likeness (QED) is 0.911. The van der Waals surface area contributed by atoms with Crippen LogP contribution in [0.4, 0.5) is 4.39 Å². The number of methoxy groups -OCH3 is 2. The van der Waals surface area contributed by atoms with E-state index >= 15 is 0 Å². The van der Waals surface area contributed by atoms with Gasteiger partial charge in [0.05, 0.1) is 26.9 Å². The fourth-order valence-corrected chi connectivity index (χ4v) is 3.27. The van der Waals surface area contributed by atoms with Gasteiger partial charge in [-0.2, -0.15) is 0 Å². The molecule has 3 rings (SSSR count). The largest absolute Gasteiger partial charge is 0.496 e. The molecule has 0 radical (unpaired) electrons. The molecule has 0 saturated heterocycles. The lowest BCUT2D eigenvalue weighted by Gasteiger charge is -2.30. The van der Waals surface area contributed by atoms with Crippen LogP contribution in [0.2, 0.25) is 0 Å². The number of hydrogen-bond donors (Lipinski definition) is 1. The molecule has 1 heterocycles. The maximum atomic E-state index is 13.8. The van der Waals surface area contributed by atoms with Gasteiger partial charge < -0.3 is 19.5 Å². The first-order valence-corrected chi connectivity index (χ1v) is 8.09. The van der Waals surface area contributed by atoms with Gasteiger partial charge >= 0.3 is 0 Å². The maximum Gasteiger partial charge on any atom is 0.164 e. The molecule has 0 spiro atoms. The molecule has 0 bridgehead atoms. The van der Waals surface area contributed by atoms with Crippen LogP contribution in [-0.2, 0) is 6.42 Å². The Balaban J connectivity index is 2.13. The lowest BCUT2D eigenvalue weighted by molar-refractivity contribution is 0.305. The van der Waals surface area contributed by atoms with Crippen LogP contribution >= 0.6 is 0 Å². The molecule has 0 saturated carbocycles. The normalized spacial score (nSPS) is 16.4. The number of benzene rings is 2. The molecule has 4 nitrogen and oxygen atoms in total. The third-order valence-corrected chi connectivity index (χ3v) is 4.31. The lowest BCUT2D eigenvalue weighted by atomic mass is 9.88. The summed E-state index contributed by atoms with van der Waals surface area (Å²) in [6.07, 6.45) is 0.829. The number of nitrogens with one attached hydrogen (secondary N) is 1. The van der Waals surface area contributed by atoms with Crippen molar-refractivity contribution in [3.8, 4) is 17.2 Å². The second-order valence-electron chi connectivity index (χ2n) is 5.62. The summed E-state index contributed by atoms with van der Waals surface area (Å²) in [7, 11) is 3.23. The molecule has 1 N–H and O–H groups in total. The third kappa shape index (κ3) is 2.91. The molecular formula is C19H22FNO3. The number of halogens is 1. The van der Waals surface area contributed by atoms with Gasteiger partial charge in [0, 0.05) is 17.7 Å². The molecule has 0 fully saturated rings. The van der Waals surface area contributed by atoms with Crippen LogP contribution in [-0.4, -0.2) is 27.4 Å². The first-order chi connectivity index (χ1) is 11.7. The molecular weight excluding hydrogens is 309 g/mol. The van der Waals surface area contributed by atoms with Crippen LogP contribution in [0.1, 0.15) is 29.7 Å². The van der Waals surface area contributed by atoms with Crippen LogP contribution in [0.15, 0.2) is 30.3 Å². The van der Waals surface area contributed by atoms with Gasteiger partial charge in [0.2, 0.25) is 0 Å². The van der Waals surface area contributed by atoms with Crippen LogP contribution in [0.5, 0.6) is 17.2 Å². The van der Waals surface area contributed by atoms with E-state index in [1.807, 2.05) is 19.1 Å². The van der Waals surface area contributed by atoms with Crippen molar-refractivity contribution in [1.29, 1.82) is 0 Å². The van der Waals surface area contributed by atoms with Gasteiger partial charge in [-0.15, -0.1) is 0 Å². The standard InChI is InChI=1S/C19H22FNO3/c1-4-24-19-14-9-10-21-18(13(14)6-8-17(19)23-3)15-11-12(20)5-7-16(15)22-2/h5-8,11,18,21H,4,9-10H2,1-3H3. The highest BCUT2D eigenvalue weighted by Gasteiger charge is 2.28. The van der Waals surface area contributed by atoms with Crippen LogP contribution < -0.4 is 19.5 Å². The molecule has 1 aliphatic heterocycles. The Morgan fingerprint density at radius 1 is 1.08 bits per heavy atom. The van der Waals surface area contributed by atoms with E-state index in [0.717, 1.165) is 41.2 Å². The molecule has 0 amide bonds. The van der Waals surface area contributed by atoms with Gasteiger partial charge in [0.25, 0.3) is 0 Å². The Labute approximate surface area is 141 Å². The highest BCUT2D eigenvalue weighted by Crippen LogP contribution is 2.41. The minimum Gasteiger partial charge on any atom is -0.496 e. The second kappa shape index (κ2) is 7.09. The topological polar surface area (TPSA) is 39.7 Å². The summed E-state index contributed by atoms with van der Waals surface area (Å²) in [6.45, 7) is 3.28. The first kappa shape index (κ1) is 16.6. The fourth-order valence-electron chi connectivity index (χ4n) is 3.27. The number of rotatable bonds is 5. The number of ether oxygens (including phenoxy) is 3. The van der Waals surface area contributed by atoms with Crippen LogP contribution in [0.3, 0.4) is 0 Å². The van der Waals surface area contributed by atoms with Crippen molar-refractivity contribution in [2.75, 3.05) is 27.4 Å². The van der Waals surface area contributed by atoms with E-state index in [0.29, 0.717) is 12.4 Å². The molecule has 2 aromatic rings. The van der Waals surface area contributed by atoms with E-state index in [9.17, 15) is 4.39 Å².